The van der Waals surface area contributed by atoms with Crippen LogP contribution >= 0.6 is 0 Å². The first kappa shape index (κ1) is 11.9. The molecule has 1 aromatic carbocycles. The Hall–Kier alpha value is -2.56. The molecule has 92 valence electrons. The zero-order valence-corrected chi connectivity index (χ0v) is 9.66. The second-order valence-electron chi connectivity index (χ2n) is 3.72. The summed E-state index contributed by atoms with van der Waals surface area (Å²) in [5, 5.41) is 9.17. The molecule has 1 aromatic heterocycles. The Balaban J connectivity index is 2.25. The lowest BCUT2D eigenvalue weighted by Crippen LogP contribution is -2.26. The summed E-state index contributed by atoms with van der Waals surface area (Å²) in [7, 11) is 1.60. The number of rotatable bonds is 2. The van der Waals surface area contributed by atoms with Crippen molar-refractivity contribution < 1.29 is 14.3 Å². The van der Waals surface area contributed by atoms with Gasteiger partial charge in [-0.2, -0.15) is 0 Å². The lowest BCUT2D eigenvalue weighted by Gasteiger charge is -2.16. The van der Waals surface area contributed by atoms with E-state index in [1.807, 2.05) is 0 Å². The number of phenolic OH excluding ortho intramolecular Hbond substituents is 1. The number of amides is 1. The molecule has 0 aliphatic carbocycles. The molecule has 5 nitrogen and oxygen atoms in total. The molecule has 0 spiro atoms. The lowest BCUT2D eigenvalue weighted by molar-refractivity contribution is 0.0990. The van der Waals surface area contributed by atoms with Crippen LogP contribution in [0.1, 0.15) is 10.4 Å². The number of phenols is 1. The van der Waals surface area contributed by atoms with Crippen LogP contribution in [0.25, 0.3) is 0 Å². The first-order valence-corrected chi connectivity index (χ1v) is 5.24. The van der Waals surface area contributed by atoms with Gasteiger partial charge in [0.1, 0.15) is 12.0 Å². The highest BCUT2D eigenvalue weighted by molar-refractivity contribution is 6.05. The second-order valence-corrected chi connectivity index (χ2v) is 3.72. The molecule has 0 bridgehead atoms. The van der Waals surface area contributed by atoms with Crippen molar-refractivity contribution in [3.63, 3.8) is 0 Å². The van der Waals surface area contributed by atoms with E-state index in [9.17, 15) is 14.7 Å². The minimum absolute atomic E-state index is 0.130. The molecule has 1 N–H and O–H groups in total. The minimum Gasteiger partial charge on any atom is -0.508 e. The molecule has 5 heteroatoms. The predicted octanol–water partition coefficient (Wildman–Crippen LogP) is 1.62. The Morgan fingerprint density at radius 2 is 1.83 bits per heavy atom. The van der Waals surface area contributed by atoms with Crippen molar-refractivity contribution >= 4 is 11.6 Å². The van der Waals surface area contributed by atoms with Crippen LogP contribution in [0, 0.1) is 0 Å². The molecular formula is C13H11NO4. The van der Waals surface area contributed by atoms with Crippen LogP contribution in [0.15, 0.2) is 51.9 Å². The van der Waals surface area contributed by atoms with E-state index in [0.29, 0.717) is 5.69 Å². The first-order valence-electron chi connectivity index (χ1n) is 5.24. The molecule has 0 fully saturated rings. The number of benzene rings is 1. The molecule has 2 aromatic rings. The van der Waals surface area contributed by atoms with E-state index in [0.717, 1.165) is 6.26 Å². The largest absolute Gasteiger partial charge is 0.508 e. The average molecular weight is 245 g/mol. The first-order chi connectivity index (χ1) is 8.58. The summed E-state index contributed by atoms with van der Waals surface area (Å²) in [6.07, 6.45) is 1.13. The maximum atomic E-state index is 12.0. The molecule has 0 aliphatic heterocycles. The number of hydrogen-bond donors (Lipinski definition) is 1. The lowest BCUT2D eigenvalue weighted by atomic mass is 10.2. The highest BCUT2D eigenvalue weighted by Crippen LogP contribution is 2.18. The van der Waals surface area contributed by atoms with Gasteiger partial charge in [-0.15, -0.1) is 0 Å². The van der Waals surface area contributed by atoms with Gasteiger partial charge in [0.2, 0.25) is 0 Å². The van der Waals surface area contributed by atoms with E-state index < -0.39 is 5.63 Å². The molecule has 0 unspecified atom stereocenters. The molecular weight excluding hydrogens is 234 g/mol. The molecule has 0 radical (unpaired) electrons. The number of anilines is 1. The van der Waals surface area contributed by atoms with Crippen molar-refractivity contribution in [2.75, 3.05) is 11.9 Å². The van der Waals surface area contributed by atoms with Crippen molar-refractivity contribution in [3.8, 4) is 5.75 Å². The SMILES string of the molecule is CN(C(=O)c1ccc(=O)oc1)c1ccc(O)cc1. The fraction of sp³-hybridized carbons (Fsp3) is 0.0769. The van der Waals surface area contributed by atoms with Crippen LogP contribution in [-0.4, -0.2) is 18.1 Å². The van der Waals surface area contributed by atoms with Crippen LogP contribution in [0.2, 0.25) is 0 Å². The Bertz CT molecular complexity index is 595. The van der Waals surface area contributed by atoms with Gasteiger partial charge < -0.3 is 14.4 Å². The van der Waals surface area contributed by atoms with E-state index >= 15 is 0 Å². The summed E-state index contributed by atoms with van der Waals surface area (Å²) >= 11 is 0. The van der Waals surface area contributed by atoms with Gasteiger partial charge in [-0.1, -0.05) is 0 Å². The monoisotopic (exact) mass is 245 g/mol. The van der Waals surface area contributed by atoms with Gasteiger partial charge >= 0.3 is 5.63 Å². The van der Waals surface area contributed by atoms with Crippen molar-refractivity contribution in [2.45, 2.75) is 0 Å². The smallest absolute Gasteiger partial charge is 0.335 e. The van der Waals surface area contributed by atoms with E-state index in [2.05, 4.69) is 4.42 Å². The van der Waals surface area contributed by atoms with E-state index in [1.54, 1.807) is 19.2 Å². The van der Waals surface area contributed by atoms with E-state index in [1.165, 1.54) is 29.2 Å². The summed E-state index contributed by atoms with van der Waals surface area (Å²) in [6.45, 7) is 0. The van der Waals surface area contributed by atoms with Crippen LogP contribution in [0.4, 0.5) is 5.69 Å². The highest BCUT2D eigenvalue weighted by atomic mass is 16.4. The number of aromatic hydroxyl groups is 1. The molecule has 2 rings (SSSR count). The maximum Gasteiger partial charge on any atom is 0.335 e. The highest BCUT2D eigenvalue weighted by Gasteiger charge is 2.13. The van der Waals surface area contributed by atoms with Crippen molar-refractivity contribution in [1.29, 1.82) is 0 Å². The molecule has 0 aliphatic rings. The Kier molecular flexibility index (Phi) is 3.14. The van der Waals surface area contributed by atoms with Crippen molar-refractivity contribution in [2.24, 2.45) is 0 Å². The van der Waals surface area contributed by atoms with Crippen LogP contribution in [0.3, 0.4) is 0 Å². The third-order valence-electron chi connectivity index (χ3n) is 2.49. The normalized spacial score (nSPS) is 10.1. The topological polar surface area (TPSA) is 70.8 Å². The summed E-state index contributed by atoms with van der Waals surface area (Å²) in [4.78, 5) is 24.2. The van der Waals surface area contributed by atoms with Crippen LogP contribution in [0.5, 0.6) is 5.75 Å². The third-order valence-corrected chi connectivity index (χ3v) is 2.49. The van der Waals surface area contributed by atoms with Gasteiger partial charge in [0, 0.05) is 18.8 Å². The Morgan fingerprint density at radius 3 is 2.39 bits per heavy atom. The summed E-state index contributed by atoms with van der Waals surface area (Å²) in [5.41, 5.74) is 0.410. The fourth-order valence-corrected chi connectivity index (χ4v) is 1.47. The number of nitrogens with zero attached hydrogens (tertiary/aromatic N) is 1. The molecule has 1 heterocycles. The summed E-state index contributed by atoms with van der Waals surface area (Å²) in [5.74, 6) is -0.172. The van der Waals surface area contributed by atoms with Gasteiger partial charge in [0.05, 0.1) is 5.56 Å². The van der Waals surface area contributed by atoms with Crippen molar-refractivity contribution in [1.82, 2.24) is 0 Å². The zero-order chi connectivity index (χ0) is 13.1. The molecule has 1 amide bonds. The molecule has 18 heavy (non-hydrogen) atoms. The van der Waals surface area contributed by atoms with Gasteiger partial charge in [-0.25, -0.2) is 4.79 Å². The van der Waals surface area contributed by atoms with E-state index in [4.69, 9.17) is 0 Å². The fourth-order valence-electron chi connectivity index (χ4n) is 1.47. The Morgan fingerprint density at radius 1 is 1.17 bits per heavy atom. The maximum absolute atomic E-state index is 12.0. The second kappa shape index (κ2) is 4.75. The van der Waals surface area contributed by atoms with Gasteiger partial charge in [-0.3, -0.25) is 4.79 Å². The molecule has 0 saturated carbocycles. The third kappa shape index (κ3) is 2.40. The van der Waals surface area contributed by atoms with Crippen molar-refractivity contribution in [3.05, 3.63) is 58.6 Å². The van der Waals surface area contributed by atoms with Gasteiger partial charge in [-0.05, 0) is 30.3 Å². The minimum atomic E-state index is -0.501. The van der Waals surface area contributed by atoms with Crippen LogP contribution in [-0.2, 0) is 0 Å². The average Bonchev–Trinajstić information content (AvgIpc) is 2.39. The quantitative estimate of drug-likeness (QED) is 0.872. The summed E-state index contributed by atoms with van der Waals surface area (Å²) in [6, 6.07) is 8.82. The standard InChI is InChI=1S/C13H11NO4/c1-14(10-3-5-11(15)6-4-10)13(17)9-2-7-12(16)18-8-9/h2-8,15H,1H3. The Labute approximate surface area is 103 Å². The van der Waals surface area contributed by atoms with Gasteiger partial charge in [0.15, 0.2) is 0 Å². The number of carbonyl (C=O) groups is 1. The zero-order valence-electron chi connectivity index (χ0n) is 9.66. The molecule has 0 atom stereocenters. The van der Waals surface area contributed by atoms with Crippen LogP contribution < -0.4 is 10.5 Å². The number of carbonyl (C=O) groups excluding carboxylic acids is 1. The predicted molar refractivity (Wildman–Crippen MR) is 65.8 cm³/mol. The molecule has 0 saturated heterocycles. The van der Waals surface area contributed by atoms with Gasteiger partial charge in [0.25, 0.3) is 5.91 Å². The summed E-state index contributed by atoms with van der Waals surface area (Å²) < 4.78 is 4.64. The van der Waals surface area contributed by atoms with E-state index in [-0.39, 0.29) is 17.2 Å². The number of hydrogen-bond acceptors (Lipinski definition) is 4.